The first-order valence-electron chi connectivity index (χ1n) is 10.5. The molecule has 3 aromatic rings. The zero-order valence-electron chi connectivity index (χ0n) is 17.4. The topological polar surface area (TPSA) is 63.1 Å². The van der Waals surface area contributed by atoms with Gasteiger partial charge in [-0.15, -0.1) is 11.3 Å². The molecule has 1 saturated heterocycles. The molecule has 154 valence electrons. The summed E-state index contributed by atoms with van der Waals surface area (Å²) in [6.07, 6.45) is 5.59. The zero-order chi connectivity index (χ0) is 20.4. The standard InChI is InChI=1S/C22H29N5OS/c1-15(2)27-21-18(14-24-27)17(12-19(25-21)20-8-7-11-29-20)22(28)23-13-16(3)26-9-5-4-6-10-26/h7-8,11-12,14-16H,4-6,9-10,13H2,1-3H3,(H,23,28)/t16-/m1/s1. The maximum absolute atomic E-state index is 13.2. The average molecular weight is 412 g/mol. The van der Waals surface area contributed by atoms with Crippen molar-refractivity contribution in [3.8, 4) is 10.6 Å². The summed E-state index contributed by atoms with van der Waals surface area (Å²) in [6, 6.07) is 6.46. The van der Waals surface area contributed by atoms with Crippen molar-refractivity contribution in [3.63, 3.8) is 0 Å². The van der Waals surface area contributed by atoms with Gasteiger partial charge in [0.25, 0.3) is 5.91 Å². The Hall–Kier alpha value is -2.25. The number of fused-ring (bicyclic) bond motifs is 1. The van der Waals surface area contributed by atoms with E-state index in [0.29, 0.717) is 18.2 Å². The lowest BCUT2D eigenvalue weighted by Crippen LogP contribution is -2.44. The molecule has 1 atom stereocenters. The van der Waals surface area contributed by atoms with Crippen LogP contribution in [0.4, 0.5) is 0 Å². The lowest BCUT2D eigenvalue weighted by atomic mass is 10.1. The van der Waals surface area contributed by atoms with Gasteiger partial charge in [-0.3, -0.25) is 9.69 Å². The molecule has 4 heterocycles. The smallest absolute Gasteiger partial charge is 0.252 e. The van der Waals surface area contributed by atoms with E-state index in [1.54, 1.807) is 17.5 Å². The van der Waals surface area contributed by atoms with Crippen molar-refractivity contribution in [1.82, 2.24) is 25.0 Å². The van der Waals surface area contributed by atoms with Crippen molar-refractivity contribution < 1.29 is 4.79 Å². The van der Waals surface area contributed by atoms with Crippen molar-refractivity contribution in [3.05, 3.63) is 35.3 Å². The van der Waals surface area contributed by atoms with Crippen LogP contribution in [0.5, 0.6) is 0 Å². The zero-order valence-corrected chi connectivity index (χ0v) is 18.2. The Bertz CT molecular complexity index is 973. The maximum Gasteiger partial charge on any atom is 0.252 e. The molecule has 6 nitrogen and oxygen atoms in total. The Balaban J connectivity index is 1.62. The molecule has 0 unspecified atom stereocenters. The highest BCUT2D eigenvalue weighted by Gasteiger charge is 2.21. The number of amides is 1. The normalized spacial score (nSPS) is 16.4. The monoisotopic (exact) mass is 411 g/mol. The van der Waals surface area contributed by atoms with Crippen LogP contribution in [0.15, 0.2) is 29.8 Å². The third kappa shape index (κ3) is 4.21. The van der Waals surface area contributed by atoms with Gasteiger partial charge < -0.3 is 5.32 Å². The van der Waals surface area contributed by atoms with E-state index in [2.05, 4.69) is 36.1 Å². The summed E-state index contributed by atoms with van der Waals surface area (Å²) in [6.45, 7) is 9.25. The third-order valence-electron chi connectivity index (χ3n) is 5.65. The fraction of sp³-hybridized carbons (Fsp3) is 0.500. The van der Waals surface area contributed by atoms with Crippen LogP contribution >= 0.6 is 11.3 Å². The summed E-state index contributed by atoms with van der Waals surface area (Å²) >= 11 is 1.63. The summed E-state index contributed by atoms with van der Waals surface area (Å²) in [5, 5.41) is 10.5. The second-order valence-corrected chi connectivity index (χ2v) is 9.06. The quantitative estimate of drug-likeness (QED) is 0.655. The number of carbonyl (C=O) groups is 1. The van der Waals surface area contributed by atoms with E-state index in [-0.39, 0.29) is 11.9 Å². The number of hydrogen-bond acceptors (Lipinski definition) is 5. The molecule has 0 spiro atoms. The summed E-state index contributed by atoms with van der Waals surface area (Å²) in [5.41, 5.74) is 2.24. The minimum Gasteiger partial charge on any atom is -0.350 e. The molecule has 0 aromatic carbocycles. The van der Waals surface area contributed by atoms with Gasteiger partial charge in [-0.1, -0.05) is 12.5 Å². The molecule has 0 saturated carbocycles. The summed E-state index contributed by atoms with van der Waals surface area (Å²) in [5.74, 6) is -0.0534. The number of thiophene rings is 1. The molecule has 0 radical (unpaired) electrons. The summed E-state index contributed by atoms with van der Waals surface area (Å²) in [4.78, 5) is 21.5. The van der Waals surface area contributed by atoms with Crippen LogP contribution in [0.25, 0.3) is 21.6 Å². The average Bonchev–Trinajstić information content (AvgIpc) is 3.41. The van der Waals surface area contributed by atoms with Crippen LogP contribution in [0, 0.1) is 0 Å². The van der Waals surface area contributed by atoms with E-state index < -0.39 is 0 Å². The largest absolute Gasteiger partial charge is 0.350 e. The minimum atomic E-state index is -0.0534. The Morgan fingerprint density at radius 2 is 2.03 bits per heavy atom. The van der Waals surface area contributed by atoms with Crippen LogP contribution < -0.4 is 5.32 Å². The van der Waals surface area contributed by atoms with Crippen molar-refractivity contribution >= 4 is 28.3 Å². The number of pyridine rings is 1. The first kappa shape index (κ1) is 20.0. The van der Waals surface area contributed by atoms with Gasteiger partial charge in [0.1, 0.15) is 0 Å². The maximum atomic E-state index is 13.2. The number of hydrogen-bond donors (Lipinski definition) is 1. The molecule has 4 rings (SSSR count). The van der Waals surface area contributed by atoms with Gasteiger partial charge in [0, 0.05) is 18.6 Å². The van der Waals surface area contributed by atoms with Crippen molar-refractivity contribution in [1.29, 1.82) is 0 Å². The van der Waals surface area contributed by atoms with E-state index in [9.17, 15) is 4.79 Å². The Labute approximate surface area is 175 Å². The van der Waals surface area contributed by atoms with Gasteiger partial charge in [0.15, 0.2) is 5.65 Å². The highest BCUT2D eigenvalue weighted by Crippen LogP contribution is 2.29. The highest BCUT2D eigenvalue weighted by atomic mass is 32.1. The molecule has 3 aromatic heterocycles. The molecule has 0 aliphatic carbocycles. The lowest BCUT2D eigenvalue weighted by molar-refractivity contribution is 0.0931. The van der Waals surface area contributed by atoms with Gasteiger partial charge in [0.05, 0.1) is 27.7 Å². The molecule has 0 bridgehead atoms. The molecule has 1 amide bonds. The van der Waals surface area contributed by atoms with Crippen LogP contribution in [-0.2, 0) is 0 Å². The second kappa shape index (κ2) is 8.63. The summed E-state index contributed by atoms with van der Waals surface area (Å²) in [7, 11) is 0. The van der Waals surface area contributed by atoms with E-state index in [4.69, 9.17) is 4.98 Å². The van der Waals surface area contributed by atoms with Crippen molar-refractivity contribution in [2.75, 3.05) is 19.6 Å². The molecular weight excluding hydrogens is 382 g/mol. The number of aromatic nitrogens is 3. The van der Waals surface area contributed by atoms with Crippen LogP contribution in [0.3, 0.4) is 0 Å². The Morgan fingerprint density at radius 1 is 1.24 bits per heavy atom. The second-order valence-electron chi connectivity index (χ2n) is 8.11. The molecule has 1 fully saturated rings. The van der Waals surface area contributed by atoms with E-state index >= 15 is 0 Å². The number of likely N-dealkylation sites (tertiary alicyclic amines) is 1. The number of nitrogens with one attached hydrogen (secondary N) is 1. The predicted octanol–water partition coefficient (Wildman–Crippen LogP) is 4.34. The SMILES string of the molecule is CC(C)n1ncc2c(C(=O)NC[C@@H](C)N3CCCCC3)cc(-c3cccs3)nc21. The van der Waals surface area contributed by atoms with Gasteiger partial charge in [-0.25, -0.2) is 9.67 Å². The lowest BCUT2D eigenvalue weighted by Gasteiger charge is -2.32. The van der Waals surface area contributed by atoms with E-state index in [1.165, 1.54) is 19.3 Å². The minimum absolute atomic E-state index is 0.0534. The van der Waals surface area contributed by atoms with Crippen LogP contribution in [0.2, 0.25) is 0 Å². The molecule has 1 N–H and O–H groups in total. The molecular formula is C22H29N5OS. The Kier molecular flexibility index (Phi) is 5.96. The highest BCUT2D eigenvalue weighted by molar-refractivity contribution is 7.13. The predicted molar refractivity (Wildman–Crippen MR) is 118 cm³/mol. The number of rotatable bonds is 6. The van der Waals surface area contributed by atoms with Gasteiger partial charge >= 0.3 is 0 Å². The Morgan fingerprint density at radius 3 is 2.72 bits per heavy atom. The van der Waals surface area contributed by atoms with Gasteiger partial charge in [0.2, 0.25) is 0 Å². The van der Waals surface area contributed by atoms with Crippen LogP contribution in [-0.4, -0.2) is 51.2 Å². The number of piperidine rings is 1. The van der Waals surface area contributed by atoms with Crippen LogP contribution in [0.1, 0.15) is 56.4 Å². The summed E-state index contributed by atoms with van der Waals surface area (Å²) < 4.78 is 1.89. The molecule has 7 heteroatoms. The van der Waals surface area contributed by atoms with Gasteiger partial charge in [-0.05, 0) is 64.2 Å². The van der Waals surface area contributed by atoms with E-state index in [0.717, 1.165) is 34.7 Å². The molecule has 1 aliphatic rings. The molecule has 1 aliphatic heterocycles. The number of carbonyl (C=O) groups excluding carboxylic acids is 1. The first-order chi connectivity index (χ1) is 14.0. The van der Waals surface area contributed by atoms with E-state index in [1.807, 2.05) is 28.3 Å². The third-order valence-corrected chi connectivity index (χ3v) is 6.54. The van der Waals surface area contributed by atoms with Crippen molar-refractivity contribution in [2.24, 2.45) is 0 Å². The first-order valence-corrected chi connectivity index (χ1v) is 11.4. The van der Waals surface area contributed by atoms with Crippen molar-refractivity contribution in [2.45, 2.75) is 52.1 Å². The molecule has 29 heavy (non-hydrogen) atoms. The fourth-order valence-corrected chi connectivity index (χ4v) is 4.64. The fourth-order valence-electron chi connectivity index (χ4n) is 3.96. The number of nitrogens with zero attached hydrogens (tertiary/aromatic N) is 4. The van der Waals surface area contributed by atoms with Gasteiger partial charge in [-0.2, -0.15) is 5.10 Å².